The van der Waals surface area contributed by atoms with E-state index in [2.05, 4.69) is 25.7 Å². The van der Waals surface area contributed by atoms with Crippen molar-refractivity contribution in [3.05, 3.63) is 0 Å². The molecule has 0 saturated carbocycles. The largest absolute Gasteiger partial charge is 0.0852 e. The highest BCUT2D eigenvalue weighted by molar-refractivity contribution is 5.30. The van der Waals surface area contributed by atoms with Gasteiger partial charge in [-0.2, -0.15) is 0 Å². The van der Waals surface area contributed by atoms with Gasteiger partial charge in [-0.25, -0.2) is 0 Å². The van der Waals surface area contributed by atoms with Gasteiger partial charge in [0.25, 0.3) is 0 Å². The van der Waals surface area contributed by atoms with E-state index in [1.54, 1.807) is 0 Å². The fourth-order valence-electron chi connectivity index (χ4n) is 0.955. The third-order valence-electron chi connectivity index (χ3n) is 1.62. The van der Waals surface area contributed by atoms with Crippen LogP contribution in [0.2, 0.25) is 0 Å². The summed E-state index contributed by atoms with van der Waals surface area (Å²) in [5.41, 5.74) is 0. The molecule has 0 aromatic rings. The van der Waals surface area contributed by atoms with Gasteiger partial charge in [0.15, 0.2) is 0 Å². The van der Waals surface area contributed by atoms with Gasteiger partial charge in [0.2, 0.25) is 0 Å². The Morgan fingerprint density at radius 3 is 2.50 bits per heavy atom. The molecule has 1 aliphatic rings. The molecule has 0 aromatic heterocycles. The summed E-state index contributed by atoms with van der Waals surface area (Å²) >= 11 is 0. The van der Waals surface area contributed by atoms with Gasteiger partial charge in [-0.05, 0) is 12.3 Å². The fraction of sp³-hybridized carbons (Fsp3) is 0.750. The van der Waals surface area contributed by atoms with Crippen LogP contribution in [0, 0.1) is 23.7 Å². The van der Waals surface area contributed by atoms with Crippen molar-refractivity contribution in [2.45, 2.75) is 26.7 Å². The molecule has 0 spiro atoms. The highest BCUT2D eigenvalue weighted by Gasteiger charge is 2.17. The first-order valence-electron chi connectivity index (χ1n) is 3.35. The van der Waals surface area contributed by atoms with Crippen molar-refractivity contribution in [3.63, 3.8) is 0 Å². The minimum absolute atomic E-state index is 0.620. The molecule has 0 aromatic carbocycles. The maximum absolute atomic E-state index is 3.07. The lowest BCUT2D eigenvalue weighted by atomic mass is 9.99. The molecular weight excluding hydrogens is 96.1 g/mol. The van der Waals surface area contributed by atoms with Crippen LogP contribution < -0.4 is 0 Å². The van der Waals surface area contributed by atoms with Gasteiger partial charge >= 0.3 is 0 Å². The molecule has 0 amide bonds. The average molecular weight is 108 g/mol. The maximum atomic E-state index is 3.07. The minimum atomic E-state index is 0.620. The van der Waals surface area contributed by atoms with Gasteiger partial charge in [0.05, 0.1) is 5.92 Å². The van der Waals surface area contributed by atoms with Crippen molar-refractivity contribution in [1.82, 2.24) is 0 Å². The van der Waals surface area contributed by atoms with Crippen LogP contribution in [0.5, 0.6) is 0 Å². The van der Waals surface area contributed by atoms with Gasteiger partial charge < -0.3 is 0 Å². The summed E-state index contributed by atoms with van der Waals surface area (Å²) in [6.45, 7) is 4.49. The van der Waals surface area contributed by atoms with E-state index in [-0.39, 0.29) is 0 Å². The van der Waals surface area contributed by atoms with Crippen LogP contribution >= 0.6 is 0 Å². The Bertz CT molecular complexity index is 117. The van der Waals surface area contributed by atoms with Gasteiger partial charge in [0, 0.05) is 0 Å². The quantitative estimate of drug-likeness (QED) is 0.485. The Hall–Kier alpha value is -0.440. The van der Waals surface area contributed by atoms with E-state index in [1.807, 2.05) is 0 Å². The molecule has 0 nitrogen and oxygen atoms in total. The third-order valence-corrected chi connectivity index (χ3v) is 1.62. The molecule has 8 heavy (non-hydrogen) atoms. The number of rotatable bonds is 3. The molecule has 1 atom stereocenters. The highest BCUT2D eigenvalue weighted by atomic mass is 14.2. The van der Waals surface area contributed by atoms with Crippen LogP contribution in [-0.2, 0) is 0 Å². The van der Waals surface area contributed by atoms with E-state index in [4.69, 9.17) is 0 Å². The SMILES string of the molecule is CCCC(C)C1C#C1. The number of hydrogen-bond acceptors (Lipinski definition) is 0. The predicted octanol–water partition coefficient (Wildman–Crippen LogP) is 2.06. The molecule has 0 bridgehead atoms. The first-order valence-corrected chi connectivity index (χ1v) is 3.35. The summed E-state index contributed by atoms with van der Waals surface area (Å²) in [6, 6.07) is 0. The van der Waals surface area contributed by atoms with Crippen molar-refractivity contribution in [2.75, 3.05) is 0 Å². The highest BCUT2D eigenvalue weighted by Crippen LogP contribution is 2.21. The van der Waals surface area contributed by atoms with Gasteiger partial charge in [0.1, 0.15) is 0 Å². The first kappa shape index (κ1) is 5.69. The topological polar surface area (TPSA) is 0 Å². The number of hydrogen-bond donors (Lipinski definition) is 0. The van der Waals surface area contributed by atoms with E-state index in [0.29, 0.717) is 5.92 Å². The molecular formula is C8H12. The predicted molar refractivity (Wildman–Crippen MR) is 35.3 cm³/mol. The lowest BCUT2D eigenvalue weighted by molar-refractivity contribution is 0.496. The van der Waals surface area contributed by atoms with E-state index in [9.17, 15) is 0 Å². The first-order chi connectivity index (χ1) is 3.84. The maximum Gasteiger partial charge on any atom is 0.0837 e. The lowest BCUT2D eigenvalue weighted by Crippen LogP contribution is -1.97. The molecule has 0 N–H and O–H groups in total. The molecule has 1 rings (SSSR count). The second-order valence-corrected chi connectivity index (χ2v) is 2.53. The summed E-state index contributed by atoms with van der Waals surface area (Å²) in [5.74, 6) is 7.56. The zero-order valence-electron chi connectivity index (χ0n) is 5.57. The van der Waals surface area contributed by atoms with Crippen LogP contribution in [0.3, 0.4) is 0 Å². The Morgan fingerprint density at radius 1 is 1.50 bits per heavy atom. The van der Waals surface area contributed by atoms with E-state index < -0.39 is 0 Å². The van der Waals surface area contributed by atoms with Crippen LogP contribution in [0.25, 0.3) is 0 Å². The molecule has 0 fully saturated rings. The second-order valence-electron chi connectivity index (χ2n) is 2.53. The zero-order chi connectivity index (χ0) is 5.98. The van der Waals surface area contributed by atoms with Crippen molar-refractivity contribution in [2.24, 2.45) is 11.8 Å². The normalized spacial score (nSPS) is 19.2. The smallest absolute Gasteiger partial charge is 0.0837 e. The van der Waals surface area contributed by atoms with Crippen molar-refractivity contribution >= 4 is 0 Å². The van der Waals surface area contributed by atoms with E-state index in [1.165, 1.54) is 12.8 Å². The summed E-state index contributed by atoms with van der Waals surface area (Å²) in [6.07, 6.45) is 2.62. The molecule has 0 heterocycles. The van der Waals surface area contributed by atoms with Gasteiger partial charge in [-0.1, -0.05) is 32.1 Å². The Morgan fingerprint density at radius 2 is 2.12 bits per heavy atom. The van der Waals surface area contributed by atoms with Crippen LogP contribution in [0.1, 0.15) is 26.7 Å². The third kappa shape index (κ3) is 1.26. The Balaban J connectivity index is 2.05. The van der Waals surface area contributed by atoms with Crippen molar-refractivity contribution in [3.8, 4) is 11.8 Å². The lowest BCUT2D eigenvalue weighted by Gasteiger charge is -2.04. The van der Waals surface area contributed by atoms with Gasteiger partial charge in [-0.3, -0.25) is 0 Å². The summed E-state index contributed by atoms with van der Waals surface area (Å²) in [7, 11) is 0. The Kier molecular flexibility index (Phi) is 1.58. The molecule has 0 radical (unpaired) electrons. The second kappa shape index (κ2) is 2.22. The fourth-order valence-corrected chi connectivity index (χ4v) is 0.955. The van der Waals surface area contributed by atoms with Crippen LogP contribution in [0.4, 0.5) is 0 Å². The molecule has 0 heteroatoms. The Labute approximate surface area is 51.3 Å². The van der Waals surface area contributed by atoms with Crippen LogP contribution in [-0.4, -0.2) is 0 Å². The van der Waals surface area contributed by atoms with Crippen molar-refractivity contribution in [1.29, 1.82) is 0 Å². The monoisotopic (exact) mass is 108 g/mol. The zero-order valence-corrected chi connectivity index (χ0v) is 5.57. The van der Waals surface area contributed by atoms with E-state index in [0.717, 1.165) is 5.92 Å². The summed E-state index contributed by atoms with van der Waals surface area (Å²) in [5, 5.41) is 0. The molecule has 0 saturated heterocycles. The molecule has 1 aliphatic carbocycles. The van der Waals surface area contributed by atoms with Crippen molar-refractivity contribution < 1.29 is 0 Å². The molecule has 0 aliphatic heterocycles. The van der Waals surface area contributed by atoms with E-state index >= 15 is 0 Å². The summed E-state index contributed by atoms with van der Waals surface area (Å²) in [4.78, 5) is 0. The average Bonchev–Trinajstić information content (AvgIpc) is 2.45. The summed E-state index contributed by atoms with van der Waals surface area (Å²) < 4.78 is 0. The standard InChI is InChI=1S/C8H12/c1-3-4-7(2)8-5-6-8/h7-8H,3-4H2,1-2H3. The minimum Gasteiger partial charge on any atom is -0.0852 e. The van der Waals surface area contributed by atoms with Gasteiger partial charge in [-0.15, -0.1) is 0 Å². The molecule has 44 valence electrons. The van der Waals surface area contributed by atoms with Crippen LogP contribution in [0.15, 0.2) is 0 Å². The molecule has 1 unspecified atom stereocenters.